The van der Waals surface area contributed by atoms with Gasteiger partial charge < -0.3 is 19.3 Å². The molecule has 8 nitrogen and oxygen atoms in total. The van der Waals surface area contributed by atoms with Gasteiger partial charge in [-0.25, -0.2) is 0 Å². The number of rotatable bonds is 5. The van der Waals surface area contributed by atoms with Crippen molar-refractivity contribution in [1.29, 1.82) is 5.26 Å². The minimum absolute atomic E-state index is 0.0228. The van der Waals surface area contributed by atoms with E-state index in [2.05, 4.69) is 0 Å². The molecule has 2 heterocycles. The third-order valence-corrected chi connectivity index (χ3v) is 6.10. The van der Waals surface area contributed by atoms with Crippen LogP contribution in [0.4, 0.5) is 5.69 Å². The van der Waals surface area contributed by atoms with Gasteiger partial charge in [-0.1, -0.05) is 12.1 Å². The number of aliphatic hydroxyl groups excluding tert-OH is 1. The van der Waals surface area contributed by atoms with Crippen molar-refractivity contribution in [1.82, 2.24) is 0 Å². The summed E-state index contributed by atoms with van der Waals surface area (Å²) in [5.74, 6) is -0.290. The highest BCUT2D eigenvalue weighted by Crippen LogP contribution is 2.43. The summed E-state index contributed by atoms with van der Waals surface area (Å²) in [5, 5.41) is 20.6. The van der Waals surface area contributed by atoms with Gasteiger partial charge in [-0.3, -0.25) is 14.5 Å². The van der Waals surface area contributed by atoms with Gasteiger partial charge >= 0.3 is 0 Å². The number of carbonyl (C=O) groups excluding carboxylic acids is 2. The van der Waals surface area contributed by atoms with Crippen LogP contribution in [0, 0.1) is 11.3 Å². The Morgan fingerprint density at radius 1 is 1.00 bits per heavy atom. The lowest BCUT2D eigenvalue weighted by atomic mass is 9.95. The van der Waals surface area contributed by atoms with Crippen LogP contribution in [0.1, 0.15) is 36.6 Å². The molecule has 8 heteroatoms. The Hall–Kier alpha value is -4.77. The number of fused-ring (bicyclic) bond motifs is 1. The highest BCUT2D eigenvalue weighted by molar-refractivity contribution is 6.51. The molecule has 1 N–H and O–H groups in total. The fourth-order valence-corrected chi connectivity index (χ4v) is 4.46. The van der Waals surface area contributed by atoms with E-state index in [1.807, 2.05) is 19.9 Å². The van der Waals surface area contributed by atoms with Gasteiger partial charge in [0.25, 0.3) is 11.7 Å². The van der Waals surface area contributed by atoms with E-state index in [1.54, 1.807) is 66.7 Å². The van der Waals surface area contributed by atoms with Crippen LogP contribution in [-0.2, 0) is 9.59 Å². The third kappa shape index (κ3) is 4.47. The number of nitriles is 1. The summed E-state index contributed by atoms with van der Waals surface area (Å²) in [7, 11) is 0. The standard InChI is InChI=1S/C29H24N2O6/c1-17(2)37-22-10-5-19(6-11-22)26-25(27(32)20-7-12-23-24(15-20)36-14-13-35-23)28(33)29(34)31(26)21-8-3-18(16-30)4-9-21/h3-12,15,17,26,32H,13-14H2,1-2H3/b27-25-. The van der Waals surface area contributed by atoms with Crippen molar-refractivity contribution < 1.29 is 28.9 Å². The maximum Gasteiger partial charge on any atom is 0.300 e. The van der Waals surface area contributed by atoms with Gasteiger partial charge in [0.15, 0.2) is 11.5 Å². The lowest BCUT2D eigenvalue weighted by Crippen LogP contribution is -2.29. The summed E-state index contributed by atoms with van der Waals surface area (Å²) in [4.78, 5) is 28.0. The monoisotopic (exact) mass is 496 g/mol. The van der Waals surface area contributed by atoms with Crippen LogP contribution in [-0.4, -0.2) is 36.1 Å². The van der Waals surface area contributed by atoms with Crippen LogP contribution in [0.5, 0.6) is 17.2 Å². The Balaban J connectivity index is 1.65. The second kappa shape index (κ2) is 9.70. The first-order chi connectivity index (χ1) is 17.9. The molecule has 1 unspecified atom stereocenters. The number of ether oxygens (including phenoxy) is 3. The van der Waals surface area contributed by atoms with E-state index in [1.165, 1.54) is 4.90 Å². The van der Waals surface area contributed by atoms with Gasteiger partial charge in [0.2, 0.25) is 0 Å². The largest absolute Gasteiger partial charge is 0.507 e. The molecule has 2 aliphatic heterocycles. The van der Waals surface area contributed by atoms with E-state index < -0.39 is 17.7 Å². The molecule has 186 valence electrons. The second-order valence-electron chi connectivity index (χ2n) is 8.92. The van der Waals surface area contributed by atoms with Crippen LogP contribution < -0.4 is 19.1 Å². The van der Waals surface area contributed by atoms with Crippen molar-refractivity contribution in [3.8, 4) is 23.3 Å². The summed E-state index contributed by atoms with van der Waals surface area (Å²) >= 11 is 0. The maximum atomic E-state index is 13.4. The smallest absolute Gasteiger partial charge is 0.300 e. The number of Topliss-reactive ketones (excluding diaryl/α,β-unsaturated/α-hetero) is 1. The molecule has 1 amide bonds. The molecule has 2 aliphatic rings. The van der Waals surface area contributed by atoms with E-state index in [4.69, 9.17) is 14.2 Å². The summed E-state index contributed by atoms with van der Waals surface area (Å²) in [5.41, 5.74) is 1.73. The van der Waals surface area contributed by atoms with Crippen molar-refractivity contribution in [2.75, 3.05) is 18.1 Å². The lowest BCUT2D eigenvalue weighted by molar-refractivity contribution is -0.132. The molecular weight excluding hydrogens is 472 g/mol. The van der Waals surface area contributed by atoms with Crippen LogP contribution >= 0.6 is 0 Å². The van der Waals surface area contributed by atoms with Crippen molar-refractivity contribution in [2.24, 2.45) is 0 Å². The van der Waals surface area contributed by atoms with Crippen molar-refractivity contribution in [2.45, 2.75) is 26.0 Å². The first-order valence-corrected chi connectivity index (χ1v) is 11.8. The minimum Gasteiger partial charge on any atom is -0.507 e. The molecular formula is C29H24N2O6. The van der Waals surface area contributed by atoms with Crippen molar-refractivity contribution in [3.05, 3.63) is 89.0 Å². The predicted molar refractivity (Wildman–Crippen MR) is 136 cm³/mol. The number of anilines is 1. The van der Waals surface area contributed by atoms with Gasteiger partial charge in [0.05, 0.1) is 29.4 Å². The first kappa shape index (κ1) is 23.9. The number of benzene rings is 3. The van der Waals surface area contributed by atoms with Gasteiger partial charge in [0.1, 0.15) is 24.7 Å². The average molecular weight is 497 g/mol. The minimum atomic E-state index is -0.908. The topological polar surface area (TPSA) is 109 Å². The second-order valence-corrected chi connectivity index (χ2v) is 8.92. The Morgan fingerprint density at radius 3 is 2.32 bits per heavy atom. The molecule has 0 radical (unpaired) electrons. The van der Waals surface area contributed by atoms with E-state index in [0.29, 0.717) is 52.8 Å². The van der Waals surface area contributed by atoms with Crippen molar-refractivity contribution >= 4 is 23.1 Å². The fraction of sp³-hybridized carbons (Fsp3) is 0.207. The Morgan fingerprint density at radius 2 is 1.68 bits per heavy atom. The summed E-state index contributed by atoms with van der Waals surface area (Å²) in [6, 6.07) is 19.4. The molecule has 0 aliphatic carbocycles. The number of carbonyl (C=O) groups is 2. The summed E-state index contributed by atoms with van der Waals surface area (Å²) in [6.45, 7) is 4.62. The van der Waals surface area contributed by atoms with E-state index >= 15 is 0 Å². The van der Waals surface area contributed by atoms with Gasteiger partial charge in [0, 0.05) is 11.3 Å². The Kier molecular flexibility index (Phi) is 6.28. The molecule has 3 aromatic rings. The van der Waals surface area contributed by atoms with E-state index in [-0.39, 0.29) is 17.4 Å². The molecule has 0 bridgehead atoms. The normalized spacial score (nSPS) is 18.1. The first-order valence-electron chi connectivity index (χ1n) is 11.8. The predicted octanol–water partition coefficient (Wildman–Crippen LogP) is 4.74. The van der Waals surface area contributed by atoms with E-state index in [0.717, 1.165) is 0 Å². The summed E-state index contributed by atoms with van der Waals surface area (Å²) in [6.07, 6.45) is -0.0228. The number of hydrogen-bond acceptors (Lipinski definition) is 7. The fourth-order valence-electron chi connectivity index (χ4n) is 4.46. The van der Waals surface area contributed by atoms with Crippen LogP contribution in [0.15, 0.2) is 72.3 Å². The Labute approximate surface area is 213 Å². The third-order valence-electron chi connectivity index (χ3n) is 6.10. The van der Waals surface area contributed by atoms with Crippen LogP contribution in [0.25, 0.3) is 5.76 Å². The molecule has 1 atom stereocenters. The van der Waals surface area contributed by atoms with Gasteiger partial charge in [-0.15, -0.1) is 0 Å². The molecule has 0 aromatic heterocycles. The molecule has 0 spiro atoms. The SMILES string of the molecule is CC(C)Oc1ccc(C2/C(=C(/O)c3ccc4c(c3)OCCO4)C(=O)C(=O)N2c2ccc(C#N)cc2)cc1. The number of aliphatic hydroxyl groups is 1. The maximum absolute atomic E-state index is 13.4. The summed E-state index contributed by atoms with van der Waals surface area (Å²) < 4.78 is 16.9. The molecule has 5 rings (SSSR count). The van der Waals surface area contributed by atoms with Crippen LogP contribution in [0.3, 0.4) is 0 Å². The lowest BCUT2D eigenvalue weighted by Gasteiger charge is -2.26. The zero-order valence-electron chi connectivity index (χ0n) is 20.3. The van der Waals surface area contributed by atoms with Crippen LogP contribution in [0.2, 0.25) is 0 Å². The number of nitrogens with zero attached hydrogens (tertiary/aromatic N) is 2. The zero-order valence-corrected chi connectivity index (χ0v) is 20.3. The molecule has 1 saturated heterocycles. The Bertz CT molecular complexity index is 1430. The zero-order chi connectivity index (χ0) is 26.1. The number of ketones is 1. The number of hydrogen-bond donors (Lipinski definition) is 1. The molecule has 3 aromatic carbocycles. The van der Waals surface area contributed by atoms with Crippen molar-refractivity contribution in [3.63, 3.8) is 0 Å². The highest BCUT2D eigenvalue weighted by atomic mass is 16.6. The van der Waals surface area contributed by atoms with Gasteiger partial charge in [-0.05, 0) is 74.0 Å². The van der Waals surface area contributed by atoms with E-state index in [9.17, 15) is 20.0 Å². The van der Waals surface area contributed by atoms with Gasteiger partial charge in [-0.2, -0.15) is 5.26 Å². The molecule has 37 heavy (non-hydrogen) atoms. The quantitative estimate of drug-likeness (QED) is 0.309. The molecule has 1 fully saturated rings. The average Bonchev–Trinajstić information content (AvgIpc) is 3.18. The number of amides is 1. The molecule has 0 saturated carbocycles. The highest BCUT2D eigenvalue weighted by Gasteiger charge is 2.47.